The summed E-state index contributed by atoms with van der Waals surface area (Å²) in [5.74, 6) is 1.60. The Kier molecular flexibility index (Phi) is 5.17. The zero-order valence-corrected chi connectivity index (χ0v) is 16.6. The Labute approximate surface area is 165 Å². The average molecular weight is 398 g/mol. The first-order chi connectivity index (χ1) is 13.5. The van der Waals surface area contributed by atoms with E-state index in [9.17, 15) is 8.42 Å². The third kappa shape index (κ3) is 4.09. The highest BCUT2D eigenvalue weighted by atomic mass is 32.2. The first-order valence-electron chi connectivity index (χ1n) is 9.55. The van der Waals surface area contributed by atoms with Crippen LogP contribution in [0, 0.1) is 6.92 Å². The summed E-state index contributed by atoms with van der Waals surface area (Å²) in [6, 6.07) is 13.7. The van der Waals surface area contributed by atoms with Crippen molar-refractivity contribution in [2.24, 2.45) is 0 Å². The number of hydrogen-bond donors (Lipinski definition) is 1. The normalized spacial score (nSPS) is 15.5. The van der Waals surface area contributed by atoms with E-state index in [0.29, 0.717) is 23.3 Å². The first kappa shape index (κ1) is 18.7. The molecule has 6 nitrogen and oxygen atoms in total. The minimum atomic E-state index is -3.62. The van der Waals surface area contributed by atoms with E-state index in [1.807, 2.05) is 6.92 Å². The molecule has 0 radical (unpaired) electrons. The standard InChI is InChI=1S/C21H23N3O3S/c1-15-7-13-19(14-8-15)28(25,26)24-18-11-9-16(10-12-18)20-22-21(27-23-20)17-5-3-2-4-6-17/h7-14,17,24H,2-6H2,1H3. The molecule has 1 aromatic heterocycles. The molecule has 0 bridgehead atoms. The van der Waals surface area contributed by atoms with Crippen LogP contribution in [0.5, 0.6) is 0 Å². The number of nitrogens with one attached hydrogen (secondary N) is 1. The Hall–Kier alpha value is -2.67. The predicted molar refractivity (Wildman–Crippen MR) is 108 cm³/mol. The molecule has 1 aliphatic rings. The Bertz CT molecular complexity index is 1040. The fourth-order valence-corrected chi connectivity index (χ4v) is 4.55. The molecule has 0 spiro atoms. The summed E-state index contributed by atoms with van der Waals surface area (Å²) in [7, 11) is -3.62. The number of benzene rings is 2. The summed E-state index contributed by atoms with van der Waals surface area (Å²) in [6.07, 6.45) is 5.89. The molecular weight excluding hydrogens is 374 g/mol. The van der Waals surface area contributed by atoms with Crippen molar-refractivity contribution in [2.45, 2.75) is 49.8 Å². The molecule has 0 saturated heterocycles. The second-order valence-electron chi connectivity index (χ2n) is 7.29. The van der Waals surface area contributed by atoms with Crippen molar-refractivity contribution in [1.82, 2.24) is 10.1 Å². The highest BCUT2D eigenvalue weighted by Crippen LogP contribution is 2.32. The molecule has 0 unspecified atom stereocenters. The number of rotatable bonds is 5. The minimum absolute atomic E-state index is 0.234. The van der Waals surface area contributed by atoms with E-state index in [4.69, 9.17) is 4.52 Å². The highest BCUT2D eigenvalue weighted by Gasteiger charge is 2.22. The molecule has 1 aliphatic carbocycles. The summed E-state index contributed by atoms with van der Waals surface area (Å²) < 4.78 is 33.1. The lowest BCUT2D eigenvalue weighted by atomic mass is 9.89. The molecular formula is C21H23N3O3S. The maximum Gasteiger partial charge on any atom is 0.261 e. The summed E-state index contributed by atoms with van der Waals surface area (Å²) in [5.41, 5.74) is 2.29. The van der Waals surface area contributed by atoms with Gasteiger partial charge in [0.25, 0.3) is 10.0 Å². The highest BCUT2D eigenvalue weighted by molar-refractivity contribution is 7.92. The van der Waals surface area contributed by atoms with Crippen LogP contribution in [-0.4, -0.2) is 18.6 Å². The smallest absolute Gasteiger partial charge is 0.261 e. The van der Waals surface area contributed by atoms with Crippen LogP contribution in [0.4, 0.5) is 5.69 Å². The number of aryl methyl sites for hydroxylation is 1. The van der Waals surface area contributed by atoms with Crippen molar-refractivity contribution in [3.63, 3.8) is 0 Å². The van der Waals surface area contributed by atoms with Crippen LogP contribution < -0.4 is 4.72 Å². The van der Waals surface area contributed by atoms with Crippen LogP contribution in [0.2, 0.25) is 0 Å². The van der Waals surface area contributed by atoms with Gasteiger partial charge in [-0.15, -0.1) is 0 Å². The molecule has 1 fully saturated rings. The Morgan fingerprint density at radius 2 is 1.64 bits per heavy atom. The third-order valence-corrected chi connectivity index (χ3v) is 6.52. The van der Waals surface area contributed by atoms with Crippen LogP contribution in [0.15, 0.2) is 57.9 Å². The van der Waals surface area contributed by atoms with Gasteiger partial charge in [0, 0.05) is 17.2 Å². The topological polar surface area (TPSA) is 85.1 Å². The molecule has 0 amide bonds. The number of sulfonamides is 1. The van der Waals surface area contributed by atoms with Gasteiger partial charge < -0.3 is 4.52 Å². The number of aromatic nitrogens is 2. The van der Waals surface area contributed by atoms with Crippen molar-refractivity contribution >= 4 is 15.7 Å². The summed E-state index contributed by atoms with van der Waals surface area (Å²) >= 11 is 0. The molecule has 1 saturated carbocycles. The van der Waals surface area contributed by atoms with Crippen molar-refractivity contribution in [2.75, 3.05) is 4.72 Å². The van der Waals surface area contributed by atoms with Gasteiger partial charge in [-0.05, 0) is 56.2 Å². The zero-order valence-electron chi connectivity index (χ0n) is 15.8. The molecule has 2 aromatic carbocycles. The van der Waals surface area contributed by atoms with Gasteiger partial charge in [0.15, 0.2) is 0 Å². The molecule has 28 heavy (non-hydrogen) atoms. The Morgan fingerprint density at radius 3 is 2.32 bits per heavy atom. The fourth-order valence-electron chi connectivity index (χ4n) is 3.49. The van der Waals surface area contributed by atoms with Gasteiger partial charge in [0.1, 0.15) is 0 Å². The van der Waals surface area contributed by atoms with Crippen LogP contribution >= 0.6 is 0 Å². The summed E-state index contributed by atoms with van der Waals surface area (Å²) in [6.45, 7) is 1.92. The molecule has 0 aliphatic heterocycles. The van der Waals surface area contributed by atoms with Gasteiger partial charge in [0.2, 0.25) is 11.7 Å². The van der Waals surface area contributed by atoms with Gasteiger partial charge in [0.05, 0.1) is 4.90 Å². The molecule has 1 heterocycles. The summed E-state index contributed by atoms with van der Waals surface area (Å²) in [5, 5.41) is 4.10. The second-order valence-corrected chi connectivity index (χ2v) is 8.97. The van der Waals surface area contributed by atoms with Crippen LogP contribution in [0.3, 0.4) is 0 Å². The maximum absolute atomic E-state index is 12.5. The second kappa shape index (κ2) is 7.75. The van der Waals surface area contributed by atoms with E-state index in [1.165, 1.54) is 19.3 Å². The predicted octanol–water partition coefficient (Wildman–Crippen LogP) is 4.89. The first-order valence-corrected chi connectivity index (χ1v) is 11.0. The van der Waals surface area contributed by atoms with E-state index in [1.54, 1.807) is 48.5 Å². The molecule has 1 N–H and O–H groups in total. The lowest BCUT2D eigenvalue weighted by molar-refractivity contribution is 0.314. The monoisotopic (exact) mass is 397 g/mol. The van der Waals surface area contributed by atoms with Crippen LogP contribution in [0.1, 0.15) is 49.5 Å². The maximum atomic E-state index is 12.5. The Morgan fingerprint density at radius 1 is 0.964 bits per heavy atom. The lowest BCUT2D eigenvalue weighted by Crippen LogP contribution is -2.12. The quantitative estimate of drug-likeness (QED) is 0.662. The van der Waals surface area contributed by atoms with Crippen LogP contribution in [0.25, 0.3) is 11.4 Å². The molecule has 4 rings (SSSR count). The van der Waals surface area contributed by atoms with Crippen molar-refractivity contribution < 1.29 is 12.9 Å². The van der Waals surface area contributed by atoms with Crippen LogP contribution in [-0.2, 0) is 10.0 Å². The Balaban J connectivity index is 1.48. The van der Waals surface area contributed by atoms with Crippen molar-refractivity contribution in [1.29, 1.82) is 0 Å². The van der Waals surface area contributed by atoms with Gasteiger partial charge in [-0.3, -0.25) is 4.72 Å². The fraction of sp³-hybridized carbons (Fsp3) is 0.333. The SMILES string of the molecule is Cc1ccc(S(=O)(=O)Nc2ccc(-c3noc(C4CCCCC4)n3)cc2)cc1. The van der Waals surface area contributed by atoms with Gasteiger partial charge in [-0.1, -0.05) is 42.1 Å². The zero-order chi connectivity index (χ0) is 19.6. The van der Waals surface area contributed by atoms with Gasteiger partial charge >= 0.3 is 0 Å². The van der Waals surface area contributed by atoms with Crippen molar-refractivity contribution in [3.8, 4) is 11.4 Å². The van der Waals surface area contributed by atoms with E-state index < -0.39 is 10.0 Å². The third-order valence-electron chi connectivity index (χ3n) is 5.12. The van der Waals surface area contributed by atoms with Gasteiger partial charge in [-0.25, -0.2) is 8.42 Å². The molecule has 146 valence electrons. The van der Waals surface area contributed by atoms with E-state index in [0.717, 1.165) is 24.0 Å². The lowest BCUT2D eigenvalue weighted by Gasteiger charge is -2.17. The minimum Gasteiger partial charge on any atom is -0.339 e. The number of anilines is 1. The van der Waals surface area contributed by atoms with E-state index >= 15 is 0 Å². The number of hydrogen-bond acceptors (Lipinski definition) is 5. The average Bonchev–Trinajstić information content (AvgIpc) is 3.19. The van der Waals surface area contributed by atoms with Crippen molar-refractivity contribution in [3.05, 3.63) is 60.0 Å². The molecule has 3 aromatic rings. The van der Waals surface area contributed by atoms with E-state index in [-0.39, 0.29) is 4.90 Å². The molecule has 0 atom stereocenters. The summed E-state index contributed by atoms with van der Waals surface area (Å²) in [4.78, 5) is 4.78. The van der Waals surface area contributed by atoms with Gasteiger partial charge in [-0.2, -0.15) is 4.98 Å². The molecule has 7 heteroatoms. The van der Waals surface area contributed by atoms with E-state index in [2.05, 4.69) is 14.9 Å². The largest absolute Gasteiger partial charge is 0.339 e. The number of nitrogens with zero attached hydrogens (tertiary/aromatic N) is 2.